The van der Waals surface area contributed by atoms with Crippen molar-refractivity contribution >= 4 is 5.57 Å². The summed E-state index contributed by atoms with van der Waals surface area (Å²) in [7, 11) is 1.97. The first-order chi connectivity index (χ1) is 6.79. The molecule has 14 heavy (non-hydrogen) atoms. The Hall–Kier alpha value is -1.83. The Balaban J connectivity index is 2.39. The SMILES string of the molecule is C=C(c1ccccc1)c1nccn1C. The van der Waals surface area contributed by atoms with E-state index in [0.29, 0.717) is 0 Å². The minimum absolute atomic E-state index is 0.913. The van der Waals surface area contributed by atoms with Crippen LogP contribution in [0.5, 0.6) is 0 Å². The summed E-state index contributed by atoms with van der Waals surface area (Å²) >= 11 is 0. The van der Waals surface area contributed by atoms with E-state index >= 15 is 0 Å². The molecule has 0 aliphatic carbocycles. The van der Waals surface area contributed by atoms with Crippen molar-refractivity contribution in [3.05, 3.63) is 60.7 Å². The van der Waals surface area contributed by atoms with Gasteiger partial charge >= 0.3 is 0 Å². The van der Waals surface area contributed by atoms with Gasteiger partial charge in [0.15, 0.2) is 0 Å². The second-order valence-corrected chi connectivity index (χ2v) is 3.21. The highest BCUT2D eigenvalue weighted by Crippen LogP contribution is 2.18. The van der Waals surface area contributed by atoms with Gasteiger partial charge in [-0.1, -0.05) is 36.9 Å². The van der Waals surface area contributed by atoms with Crippen LogP contribution in [-0.2, 0) is 7.05 Å². The molecule has 0 spiro atoms. The van der Waals surface area contributed by atoms with E-state index in [1.54, 1.807) is 6.20 Å². The highest BCUT2D eigenvalue weighted by atomic mass is 15.0. The first-order valence-electron chi connectivity index (χ1n) is 4.51. The second-order valence-electron chi connectivity index (χ2n) is 3.21. The van der Waals surface area contributed by atoms with Gasteiger partial charge in [0, 0.05) is 25.0 Å². The molecule has 0 radical (unpaired) electrons. The average molecular weight is 184 g/mol. The summed E-state index contributed by atoms with van der Waals surface area (Å²) in [6, 6.07) is 10.1. The van der Waals surface area contributed by atoms with Crippen LogP contribution in [0.25, 0.3) is 5.57 Å². The van der Waals surface area contributed by atoms with Gasteiger partial charge < -0.3 is 4.57 Å². The van der Waals surface area contributed by atoms with Crippen molar-refractivity contribution in [1.82, 2.24) is 9.55 Å². The molecule has 70 valence electrons. The van der Waals surface area contributed by atoms with Gasteiger partial charge in [-0.25, -0.2) is 4.98 Å². The number of hydrogen-bond acceptors (Lipinski definition) is 1. The van der Waals surface area contributed by atoms with E-state index in [0.717, 1.165) is 17.0 Å². The summed E-state index contributed by atoms with van der Waals surface area (Å²) in [5.41, 5.74) is 2.07. The van der Waals surface area contributed by atoms with Crippen LogP contribution in [0.3, 0.4) is 0 Å². The minimum Gasteiger partial charge on any atom is -0.334 e. The maximum atomic E-state index is 4.26. The maximum absolute atomic E-state index is 4.26. The molecule has 0 aliphatic heterocycles. The van der Waals surface area contributed by atoms with Gasteiger partial charge in [0.1, 0.15) is 5.82 Å². The van der Waals surface area contributed by atoms with E-state index in [4.69, 9.17) is 0 Å². The van der Waals surface area contributed by atoms with E-state index in [-0.39, 0.29) is 0 Å². The summed E-state index contributed by atoms with van der Waals surface area (Å²) in [5.74, 6) is 0.913. The average Bonchev–Trinajstić information content (AvgIpc) is 2.65. The van der Waals surface area contributed by atoms with Crippen molar-refractivity contribution < 1.29 is 0 Å². The fraction of sp³-hybridized carbons (Fsp3) is 0.0833. The largest absolute Gasteiger partial charge is 0.334 e. The lowest BCUT2D eigenvalue weighted by atomic mass is 10.1. The molecule has 0 unspecified atom stereocenters. The summed E-state index contributed by atoms with van der Waals surface area (Å²) < 4.78 is 1.97. The Morgan fingerprint density at radius 1 is 1.29 bits per heavy atom. The minimum atomic E-state index is 0.913. The van der Waals surface area contributed by atoms with Crippen LogP contribution < -0.4 is 0 Å². The van der Waals surface area contributed by atoms with E-state index in [1.165, 1.54) is 0 Å². The van der Waals surface area contributed by atoms with Gasteiger partial charge in [-0.2, -0.15) is 0 Å². The number of nitrogens with zero attached hydrogens (tertiary/aromatic N) is 2. The van der Waals surface area contributed by atoms with Crippen molar-refractivity contribution in [3.63, 3.8) is 0 Å². The molecular formula is C12H12N2. The summed E-state index contributed by atoms with van der Waals surface area (Å²) in [6.45, 7) is 4.04. The highest BCUT2D eigenvalue weighted by Gasteiger charge is 2.05. The first-order valence-corrected chi connectivity index (χ1v) is 4.51. The number of rotatable bonds is 2. The normalized spacial score (nSPS) is 10.1. The van der Waals surface area contributed by atoms with Crippen LogP contribution in [0, 0.1) is 0 Å². The lowest BCUT2D eigenvalue weighted by Gasteiger charge is -2.05. The molecular weight excluding hydrogens is 172 g/mol. The van der Waals surface area contributed by atoms with Crippen molar-refractivity contribution in [2.45, 2.75) is 0 Å². The third kappa shape index (κ3) is 1.46. The van der Waals surface area contributed by atoms with Crippen LogP contribution in [0.4, 0.5) is 0 Å². The Bertz CT molecular complexity index is 440. The van der Waals surface area contributed by atoms with Crippen LogP contribution >= 0.6 is 0 Å². The summed E-state index contributed by atoms with van der Waals surface area (Å²) in [5, 5.41) is 0. The molecule has 0 atom stereocenters. The molecule has 1 aromatic heterocycles. The summed E-state index contributed by atoms with van der Waals surface area (Å²) in [6.07, 6.45) is 3.70. The Morgan fingerprint density at radius 2 is 2.00 bits per heavy atom. The van der Waals surface area contributed by atoms with E-state index < -0.39 is 0 Å². The first kappa shape index (κ1) is 8.75. The molecule has 0 saturated carbocycles. The Morgan fingerprint density at radius 3 is 2.57 bits per heavy atom. The molecule has 2 heteroatoms. The molecule has 1 heterocycles. The second kappa shape index (κ2) is 3.50. The lowest BCUT2D eigenvalue weighted by molar-refractivity contribution is 0.891. The van der Waals surface area contributed by atoms with Crippen LogP contribution in [0.15, 0.2) is 49.3 Å². The Kier molecular flexibility index (Phi) is 2.19. The topological polar surface area (TPSA) is 17.8 Å². The molecule has 0 amide bonds. The highest BCUT2D eigenvalue weighted by molar-refractivity contribution is 5.74. The third-order valence-corrected chi connectivity index (χ3v) is 2.21. The zero-order chi connectivity index (χ0) is 9.97. The van der Waals surface area contributed by atoms with Crippen LogP contribution in [0.1, 0.15) is 11.4 Å². The number of hydrogen-bond donors (Lipinski definition) is 0. The Labute approximate surface area is 83.5 Å². The molecule has 0 aliphatic rings. The van der Waals surface area contributed by atoms with E-state index in [9.17, 15) is 0 Å². The number of aromatic nitrogens is 2. The van der Waals surface area contributed by atoms with Crippen molar-refractivity contribution in [2.24, 2.45) is 7.05 Å². The summed E-state index contributed by atoms with van der Waals surface area (Å²) in [4.78, 5) is 4.26. The maximum Gasteiger partial charge on any atom is 0.139 e. The van der Waals surface area contributed by atoms with Gasteiger partial charge in [0.25, 0.3) is 0 Å². The van der Waals surface area contributed by atoms with Crippen molar-refractivity contribution in [3.8, 4) is 0 Å². The molecule has 2 aromatic rings. The van der Waals surface area contributed by atoms with Crippen LogP contribution in [-0.4, -0.2) is 9.55 Å². The number of imidazole rings is 1. The lowest BCUT2D eigenvalue weighted by Crippen LogP contribution is -1.96. The van der Waals surface area contributed by atoms with Crippen molar-refractivity contribution in [1.29, 1.82) is 0 Å². The smallest absolute Gasteiger partial charge is 0.139 e. The molecule has 0 fully saturated rings. The molecule has 1 aromatic carbocycles. The third-order valence-electron chi connectivity index (χ3n) is 2.21. The fourth-order valence-corrected chi connectivity index (χ4v) is 1.42. The molecule has 2 nitrogen and oxygen atoms in total. The zero-order valence-electron chi connectivity index (χ0n) is 8.14. The van der Waals surface area contributed by atoms with Crippen LogP contribution in [0.2, 0.25) is 0 Å². The van der Waals surface area contributed by atoms with E-state index in [1.807, 2.05) is 48.1 Å². The number of aryl methyl sites for hydroxylation is 1. The molecule has 0 saturated heterocycles. The molecule has 2 rings (SSSR count). The zero-order valence-corrected chi connectivity index (χ0v) is 8.14. The monoisotopic (exact) mass is 184 g/mol. The van der Waals surface area contributed by atoms with Gasteiger partial charge in [-0.3, -0.25) is 0 Å². The standard InChI is InChI=1S/C12H12N2/c1-10(11-6-4-3-5-7-11)12-13-8-9-14(12)2/h3-9H,1H2,2H3. The number of benzene rings is 1. The predicted molar refractivity (Wildman–Crippen MR) is 57.8 cm³/mol. The molecule has 0 bridgehead atoms. The van der Waals surface area contributed by atoms with Gasteiger partial charge in [0.05, 0.1) is 0 Å². The fourth-order valence-electron chi connectivity index (χ4n) is 1.42. The van der Waals surface area contributed by atoms with E-state index in [2.05, 4.69) is 11.6 Å². The van der Waals surface area contributed by atoms with Gasteiger partial charge in [0.2, 0.25) is 0 Å². The van der Waals surface area contributed by atoms with Gasteiger partial charge in [-0.15, -0.1) is 0 Å². The van der Waals surface area contributed by atoms with Gasteiger partial charge in [-0.05, 0) is 5.56 Å². The molecule has 0 N–H and O–H groups in total. The quantitative estimate of drug-likeness (QED) is 0.701. The van der Waals surface area contributed by atoms with Crippen molar-refractivity contribution in [2.75, 3.05) is 0 Å². The predicted octanol–water partition coefficient (Wildman–Crippen LogP) is 2.48.